The number of aromatic nitrogens is 1. The highest BCUT2D eigenvalue weighted by Gasteiger charge is 2.09. The van der Waals surface area contributed by atoms with Gasteiger partial charge in [-0.05, 0) is 13.8 Å². The summed E-state index contributed by atoms with van der Waals surface area (Å²) >= 11 is 0. The van der Waals surface area contributed by atoms with Gasteiger partial charge in [0.25, 0.3) is 0 Å². The van der Waals surface area contributed by atoms with Gasteiger partial charge in [0, 0.05) is 12.6 Å². The number of nitrogens with zero attached hydrogens (tertiary/aromatic N) is 3. The van der Waals surface area contributed by atoms with Crippen molar-refractivity contribution in [1.29, 1.82) is 5.26 Å². The third-order valence-corrected chi connectivity index (χ3v) is 1.75. The maximum Gasteiger partial charge on any atom is 0.179 e. The minimum atomic E-state index is 0.567. The molecule has 0 aliphatic rings. The molecule has 1 aromatic heterocycles. The third-order valence-electron chi connectivity index (χ3n) is 1.75. The monoisotopic (exact) mass is 165 g/mol. The van der Waals surface area contributed by atoms with Crippen LogP contribution in [0.2, 0.25) is 0 Å². The van der Waals surface area contributed by atoms with Crippen LogP contribution in [0, 0.1) is 25.3 Å². The molecule has 0 atom stereocenters. The molecule has 1 aromatic rings. The normalized spacial score (nSPS) is 9.50. The molecule has 64 valence electrons. The van der Waals surface area contributed by atoms with Crippen molar-refractivity contribution in [2.45, 2.75) is 20.4 Å². The van der Waals surface area contributed by atoms with E-state index in [-0.39, 0.29) is 0 Å². The summed E-state index contributed by atoms with van der Waals surface area (Å²) in [6.45, 7) is 4.29. The van der Waals surface area contributed by atoms with Gasteiger partial charge in [0.1, 0.15) is 5.76 Å². The van der Waals surface area contributed by atoms with Crippen LogP contribution in [-0.4, -0.2) is 17.1 Å². The SMILES string of the molecule is Cc1noc(C)c1CN(C)C#N. The van der Waals surface area contributed by atoms with Crippen molar-refractivity contribution in [1.82, 2.24) is 10.1 Å². The lowest BCUT2D eigenvalue weighted by Crippen LogP contribution is -2.11. The maximum absolute atomic E-state index is 8.54. The lowest BCUT2D eigenvalue weighted by molar-refractivity contribution is 0.389. The predicted octanol–water partition coefficient (Wildman–Crippen LogP) is 1.20. The van der Waals surface area contributed by atoms with E-state index in [4.69, 9.17) is 9.78 Å². The van der Waals surface area contributed by atoms with Crippen LogP contribution in [0.3, 0.4) is 0 Å². The Balaban J connectivity index is 2.82. The molecular weight excluding hydrogens is 154 g/mol. The average molecular weight is 165 g/mol. The molecule has 0 bridgehead atoms. The average Bonchev–Trinajstić information content (AvgIpc) is 2.35. The molecule has 12 heavy (non-hydrogen) atoms. The topological polar surface area (TPSA) is 53.1 Å². The van der Waals surface area contributed by atoms with Gasteiger partial charge >= 0.3 is 0 Å². The first-order chi connectivity index (χ1) is 5.65. The third kappa shape index (κ3) is 1.56. The molecule has 0 N–H and O–H groups in total. The van der Waals surface area contributed by atoms with Crippen LogP contribution in [0.4, 0.5) is 0 Å². The van der Waals surface area contributed by atoms with E-state index in [0.717, 1.165) is 17.0 Å². The first-order valence-corrected chi connectivity index (χ1v) is 3.67. The fraction of sp³-hybridized carbons (Fsp3) is 0.500. The van der Waals surface area contributed by atoms with E-state index in [1.54, 1.807) is 7.05 Å². The number of aryl methyl sites for hydroxylation is 2. The molecule has 0 aliphatic carbocycles. The molecule has 4 heteroatoms. The summed E-state index contributed by atoms with van der Waals surface area (Å²) in [5.41, 5.74) is 1.86. The van der Waals surface area contributed by atoms with Gasteiger partial charge in [-0.3, -0.25) is 0 Å². The molecule has 1 rings (SSSR count). The van der Waals surface area contributed by atoms with Gasteiger partial charge in [0.05, 0.1) is 12.2 Å². The summed E-state index contributed by atoms with van der Waals surface area (Å²) < 4.78 is 4.95. The minimum Gasteiger partial charge on any atom is -0.361 e. The quantitative estimate of drug-likeness (QED) is 0.488. The smallest absolute Gasteiger partial charge is 0.179 e. The molecule has 0 radical (unpaired) electrons. The van der Waals surface area contributed by atoms with E-state index < -0.39 is 0 Å². The maximum atomic E-state index is 8.54. The zero-order valence-electron chi connectivity index (χ0n) is 7.46. The first kappa shape index (κ1) is 8.60. The molecule has 0 spiro atoms. The summed E-state index contributed by atoms with van der Waals surface area (Å²) in [5, 5.41) is 12.3. The van der Waals surface area contributed by atoms with Crippen LogP contribution in [0.1, 0.15) is 17.0 Å². The lowest BCUT2D eigenvalue weighted by Gasteiger charge is -2.06. The van der Waals surface area contributed by atoms with E-state index in [9.17, 15) is 0 Å². The van der Waals surface area contributed by atoms with E-state index >= 15 is 0 Å². The van der Waals surface area contributed by atoms with Gasteiger partial charge in [-0.25, -0.2) is 0 Å². The Morgan fingerprint density at radius 2 is 2.25 bits per heavy atom. The molecule has 0 amide bonds. The lowest BCUT2D eigenvalue weighted by atomic mass is 10.2. The largest absolute Gasteiger partial charge is 0.361 e. The Hall–Kier alpha value is -1.50. The van der Waals surface area contributed by atoms with E-state index in [2.05, 4.69) is 5.16 Å². The van der Waals surface area contributed by atoms with Crippen molar-refractivity contribution in [2.24, 2.45) is 0 Å². The summed E-state index contributed by atoms with van der Waals surface area (Å²) in [7, 11) is 1.73. The highest BCUT2D eigenvalue weighted by Crippen LogP contribution is 2.13. The molecule has 1 heterocycles. The van der Waals surface area contributed by atoms with E-state index in [1.165, 1.54) is 4.90 Å². The molecular formula is C8H11N3O. The first-order valence-electron chi connectivity index (χ1n) is 3.67. The second-order valence-electron chi connectivity index (χ2n) is 2.76. The molecule has 0 aliphatic heterocycles. The Kier molecular flexibility index (Phi) is 2.34. The minimum absolute atomic E-state index is 0.567. The van der Waals surface area contributed by atoms with Crippen LogP contribution >= 0.6 is 0 Å². The Labute approximate surface area is 71.4 Å². The van der Waals surface area contributed by atoms with Crippen LogP contribution in [0.25, 0.3) is 0 Å². The summed E-state index contributed by atoms with van der Waals surface area (Å²) in [5.74, 6) is 0.787. The molecule has 0 unspecified atom stereocenters. The van der Waals surface area contributed by atoms with E-state index in [1.807, 2.05) is 20.0 Å². The fourth-order valence-corrected chi connectivity index (χ4v) is 1.00. The zero-order chi connectivity index (χ0) is 9.14. The van der Waals surface area contributed by atoms with Crippen molar-refractivity contribution in [3.63, 3.8) is 0 Å². The summed E-state index contributed by atoms with van der Waals surface area (Å²) in [6.07, 6.45) is 2.02. The highest BCUT2D eigenvalue weighted by atomic mass is 16.5. The molecule has 0 fully saturated rings. The van der Waals surface area contributed by atoms with Gasteiger partial charge in [-0.15, -0.1) is 0 Å². The van der Waals surface area contributed by atoms with E-state index in [0.29, 0.717) is 6.54 Å². The van der Waals surface area contributed by atoms with Gasteiger partial charge in [0.15, 0.2) is 6.19 Å². The van der Waals surface area contributed by atoms with Crippen molar-refractivity contribution < 1.29 is 4.52 Å². The summed E-state index contributed by atoms with van der Waals surface area (Å²) in [6, 6.07) is 0. The van der Waals surface area contributed by atoms with Crippen molar-refractivity contribution in [3.05, 3.63) is 17.0 Å². The molecule has 0 saturated heterocycles. The van der Waals surface area contributed by atoms with Gasteiger partial charge in [-0.1, -0.05) is 5.16 Å². The molecule has 0 aromatic carbocycles. The Bertz CT molecular complexity index is 291. The van der Waals surface area contributed by atoms with Crippen LogP contribution in [-0.2, 0) is 6.54 Å². The van der Waals surface area contributed by atoms with Crippen LogP contribution in [0.5, 0.6) is 0 Å². The Morgan fingerprint density at radius 3 is 2.67 bits per heavy atom. The standard InChI is InChI=1S/C8H11N3O/c1-6-8(4-11(3)5-9)7(2)12-10-6/h4H2,1-3H3. The number of hydrogen-bond donors (Lipinski definition) is 0. The predicted molar refractivity (Wildman–Crippen MR) is 43.1 cm³/mol. The zero-order valence-corrected chi connectivity index (χ0v) is 7.46. The second-order valence-corrected chi connectivity index (χ2v) is 2.76. The number of rotatable bonds is 2. The van der Waals surface area contributed by atoms with Crippen molar-refractivity contribution in [2.75, 3.05) is 7.05 Å². The van der Waals surface area contributed by atoms with Crippen LogP contribution in [0.15, 0.2) is 4.52 Å². The van der Waals surface area contributed by atoms with Crippen molar-refractivity contribution >= 4 is 0 Å². The number of nitriles is 1. The van der Waals surface area contributed by atoms with Crippen LogP contribution < -0.4 is 0 Å². The highest BCUT2D eigenvalue weighted by molar-refractivity contribution is 5.20. The molecule has 4 nitrogen and oxygen atoms in total. The van der Waals surface area contributed by atoms with Gasteiger partial charge in [-0.2, -0.15) is 5.26 Å². The number of hydrogen-bond acceptors (Lipinski definition) is 4. The second kappa shape index (κ2) is 3.26. The summed E-state index contributed by atoms with van der Waals surface area (Å²) in [4.78, 5) is 1.53. The molecule has 0 saturated carbocycles. The van der Waals surface area contributed by atoms with Crippen molar-refractivity contribution in [3.8, 4) is 6.19 Å². The Morgan fingerprint density at radius 1 is 1.58 bits per heavy atom. The van der Waals surface area contributed by atoms with Gasteiger partial charge < -0.3 is 9.42 Å². The van der Waals surface area contributed by atoms with Gasteiger partial charge in [0.2, 0.25) is 0 Å². The fourth-order valence-electron chi connectivity index (χ4n) is 1.00.